The lowest BCUT2D eigenvalue weighted by Crippen LogP contribution is -2.18. The van der Waals surface area contributed by atoms with Crippen LogP contribution in [0.5, 0.6) is 0 Å². The van der Waals surface area contributed by atoms with E-state index in [1.807, 2.05) is 18.2 Å². The van der Waals surface area contributed by atoms with E-state index in [0.29, 0.717) is 12.8 Å². The van der Waals surface area contributed by atoms with Crippen molar-refractivity contribution in [2.45, 2.75) is 38.0 Å². The second kappa shape index (κ2) is 11.6. The molecule has 1 aromatic carbocycles. The molecule has 0 bridgehead atoms. The van der Waals surface area contributed by atoms with E-state index >= 15 is 0 Å². The van der Waals surface area contributed by atoms with Gasteiger partial charge in [-0.3, -0.25) is 0 Å². The van der Waals surface area contributed by atoms with Crippen molar-refractivity contribution >= 4 is 0 Å². The highest BCUT2D eigenvalue weighted by molar-refractivity contribution is 5.19. The Morgan fingerprint density at radius 1 is 0.727 bits per heavy atom. The van der Waals surface area contributed by atoms with Crippen LogP contribution in [0, 0.1) is 11.8 Å². The molecule has 126 valence electrons. The van der Waals surface area contributed by atoms with Gasteiger partial charge in [-0.15, -0.1) is 0 Å². The Morgan fingerprint density at radius 2 is 1.32 bits per heavy atom. The van der Waals surface area contributed by atoms with Crippen LogP contribution in [-0.4, -0.2) is 46.9 Å². The van der Waals surface area contributed by atoms with Crippen LogP contribution >= 0.6 is 0 Å². The second-order valence-corrected chi connectivity index (χ2v) is 6.05. The van der Waals surface area contributed by atoms with Gasteiger partial charge >= 0.3 is 0 Å². The second-order valence-electron chi connectivity index (χ2n) is 6.05. The van der Waals surface area contributed by atoms with Crippen molar-refractivity contribution in [3.8, 4) is 0 Å². The quantitative estimate of drug-likeness (QED) is 0.475. The van der Waals surface area contributed by atoms with E-state index in [9.17, 15) is 10.2 Å². The third kappa shape index (κ3) is 6.88. The zero-order valence-corrected chi connectivity index (χ0v) is 13.3. The van der Waals surface area contributed by atoms with Crippen molar-refractivity contribution in [3.05, 3.63) is 35.9 Å². The number of aliphatic hydroxyl groups excluding tert-OH is 4. The van der Waals surface area contributed by atoms with E-state index in [0.717, 1.165) is 19.3 Å². The Labute approximate surface area is 133 Å². The average molecular weight is 310 g/mol. The molecule has 4 heteroatoms. The Hall–Kier alpha value is -0.940. The Morgan fingerprint density at radius 3 is 1.82 bits per heavy atom. The highest BCUT2D eigenvalue weighted by Crippen LogP contribution is 2.32. The van der Waals surface area contributed by atoms with Gasteiger partial charge in [-0.25, -0.2) is 0 Å². The maximum absolute atomic E-state index is 9.57. The molecule has 4 nitrogen and oxygen atoms in total. The Balaban J connectivity index is 2.77. The van der Waals surface area contributed by atoms with Gasteiger partial charge in [0.2, 0.25) is 0 Å². The third-order valence-corrected chi connectivity index (χ3v) is 4.33. The summed E-state index contributed by atoms with van der Waals surface area (Å²) in [6, 6.07) is 10.2. The SMILES string of the molecule is OCCCC(CO)CC(CC(CO)CCO)c1ccccc1. The fraction of sp³-hybridized carbons (Fsp3) is 0.667. The highest BCUT2D eigenvalue weighted by atomic mass is 16.3. The van der Waals surface area contributed by atoms with Crippen molar-refractivity contribution in [2.75, 3.05) is 26.4 Å². The number of rotatable bonds is 12. The first-order valence-corrected chi connectivity index (χ1v) is 8.23. The van der Waals surface area contributed by atoms with Gasteiger partial charge < -0.3 is 20.4 Å². The van der Waals surface area contributed by atoms with Gasteiger partial charge in [0.05, 0.1) is 0 Å². The molecular formula is C18H30O4. The molecular weight excluding hydrogens is 280 g/mol. The van der Waals surface area contributed by atoms with E-state index in [4.69, 9.17) is 10.2 Å². The molecule has 0 saturated heterocycles. The topological polar surface area (TPSA) is 80.9 Å². The molecule has 0 aliphatic heterocycles. The normalized spacial score (nSPS) is 15.5. The molecule has 0 heterocycles. The molecule has 3 atom stereocenters. The van der Waals surface area contributed by atoms with Crippen LogP contribution in [0.25, 0.3) is 0 Å². The lowest BCUT2D eigenvalue weighted by Gasteiger charge is -2.26. The Kier molecular flexibility index (Phi) is 10.1. The molecule has 4 N–H and O–H groups in total. The van der Waals surface area contributed by atoms with Crippen LogP contribution in [0.1, 0.15) is 43.6 Å². The standard InChI is InChI=1S/C18H30O4/c19-9-4-5-15(13-21)11-18(12-16(14-22)8-10-20)17-6-2-1-3-7-17/h1-3,6-7,15-16,18-22H,4-5,8-14H2. The van der Waals surface area contributed by atoms with Gasteiger partial charge in [-0.1, -0.05) is 30.3 Å². The molecule has 0 fully saturated rings. The van der Waals surface area contributed by atoms with E-state index in [2.05, 4.69) is 12.1 Å². The molecule has 3 unspecified atom stereocenters. The minimum Gasteiger partial charge on any atom is -0.396 e. The van der Waals surface area contributed by atoms with Crippen LogP contribution in [-0.2, 0) is 0 Å². The molecule has 22 heavy (non-hydrogen) atoms. The van der Waals surface area contributed by atoms with Gasteiger partial charge in [-0.2, -0.15) is 0 Å². The predicted octanol–water partition coefficient (Wildman–Crippen LogP) is 1.92. The van der Waals surface area contributed by atoms with E-state index < -0.39 is 0 Å². The summed E-state index contributed by atoms with van der Waals surface area (Å²) < 4.78 is 0. The van der Waals surface area contributed by atoms with Crippen molar-refractivity contribution in [3.63, 3.8) is 0 Å². The average Bonchev–Trinajstić information content (AvgIpc) is 2.57. The first kappa shape index (κ1) is 19.1. The van der Waals surface area contributed by atoms with Gasteiger partial charge in [0.25, 0.3) is 0 Å². The lowest BCUT2D eigenvalue weighted by molar-refractivity contribution is 0.155. The summed E-state index contributed by atoms with van der Waals surface area (Å²) in [6.07, 6.45) is 3.74. The maximum atomic E-state index is 9.57. The summed E-state index contributed by atoms with van der Waals surface area (Å²) in [4.78, 5) is 0. The van der Waals surface area contributed by atoms with Crippen LogP contribution in [0.4, 0.5) is 0 Å². The van der Waals surface area contributed by atoms with Gasteiger partial charge in [0, 0.05) is 26.4 Å². The van der Waals surface area contributed by atoms with Gasteiger partial charge in [0.1, 0.15) is 0 Å². The molecule has 1 rings (SSSR count). The molecule has 0 aromatic heterocycles. The summed E-state index contributed by atoms with van der Waals surface area (Å²) in [5.74, 6) is 0.485. The number of hydrogen-bond acceptors (Lipinski definition) is 4. The number of aliphatic hydroxyl groups is 4. The van der Waals surface area contributed by atoms with Crippen LogP contribution in [0.2, 0.25) is 0 Å². The van der Waals surface area contributed by atoms with Crippen molar-refractivity contribution < 1.29 is 20.4 Å². The summed E-state index contributed by atoms with van der Waals surface area (Å²) in [5, 5.41) is 37.2. The van der Waals surface area contributed by atoms with Crippen LogP contribution in [0.15, 0.2) is 30.3 Å². The number of hydrogen-bond donors (Lipinski definition) is 4. The number of benzene rings is 1. The molecule has 0 aliphatic carbocycles. The monoisotopic (exact) mass is 310 g/mol. The fourth-order valence-electron chi connectivity index (χ4n) is 3.03. The lowest BCUT2D eigenvalue weighted by atomic mass is 9.81. The minimum atomic E-state index is 0.0737. The van der Waals surface area contributed by atoms with E-state index in [1.165, 1.54) is 5.56 Å². The Bertz CT molecular complexity index is 369. The van der Waals surface area contributed by atoms with Gasteiger partial charge in [0.15, 0.2) is 0 Å². The highest BCUT2D eigenvalue weighted by Gasteiger charge is 2.21. The molecule has 0 saturated carbocycles. The van der Waals surface area contributed by atoms with Crippen molar-refractivity contribution in [2.24, 2.45) is 11.8 Å². The summed E-state index contributed by atoms with van der Waals surface area (Å²) in [6.45, 7) is 0.425. The molecule has 0 radical (unpaired) electrons. The largest absolute Gasteiger partial charge is 0.396 e. The molecule has 0 aliphatic rings. The maximum Gasteiger partial charge on any atom is 0.0460 e. The predicted molar refractivity (Wildman–Crippen MR) is 87.6 cm³/mol. The van der Waals surface area contributed by atoms with Crippen molar-refractivity contribution in [1.82, 2.24) is 0 Å². The van der Waals surface area contributed by atoms with Gasteiger partial charge in [-0.05, 0) is 55.4 Å². The molecule has 0 spiro atoms. The molecule has 1 aromatic rings. The molecule has 0 amide bonds. The smallest absolute Gasteiger partial charge is 0.0460 e. The first-order chi connectivity index (χ1) is 10.7. The summed E-state index contributed by atoms with van der Waals surface area (Å²) in [5.41, 5.74) is 1.21. The van der Waals surface area contributed by atoms with Crippen LogP contribution < -0.4 is 0 Å². The summed E-state index contributed by atoms with van der Waals surface area (Å²) >= 11 is 0. The first-order valence-electron chi connectivity index (χ1n) is 8.23. The van der Waals surface area contributed by atoms with Crippen LogP contribution in [0.3, 0.4) is 0 Å². The van der Waals surface area contributed by atoms with E-state index in [1.54, 1.807) is 0 Å². The van der Waals surface area contributed by atoms with E-state index in [-0.39, 0.29) is 44.2 Å². The summed E-state index contributed by atoms with van der Waals surface area (Å²) in [7, 11) is 0. The zero-order valence-electron chi connectivity index (χ0n) is 13.3. The minimum absolute atomic E-state index is 0.0737. The fourth-order valence-corrected chi connectivity index (χ4v) is 3.03. The zero-order chi connectivity index (χ0) is 16.2. The van der Waals surface area contributed by atoms with Crippen molar-refractivity contribution in [1.29, 1.82) is 0 Å². The third-order valence-electron chi connectivity index (χ3n) is 4.33.